The molecule has 0 spiro atoms. The van der Waals surface area contributed by atoms with Gasteiger partial charge in [-0.1, -0.05) is 12.1 Å². The minimum Gasteiger partial charge on any atom is -0.497 e. The Bertz CT molecular complexity index is 970. The number of nitrogens with zero attached hydrogens (tertiary/aromatic N) is 1. The second kappa shape index (κ2) is 10.6. The van der Waals surface area contributed by atoms with Crippen LogP contribution < -0.4 is 8.92 Å². The van der Waals surface area contributed by atoms with E-state index in [2.05, 4.69) is 0 Å². The predicted octanol–water partition coefficient (Wildman–Crippen LogP) is 2.62. The van der Waals surface area contributed by atoms with Gasteiger partial charge in [0.25, 0.3) is 0 Å². The van der Waals surface area contributed by atoms with E-state index in [9.17, 15) is 13.2 Å². The Morgan fingerprint density at radius 2 is 1.90 bits per heavy atom. The molecule has 0 aliphatic carbocycles. The van der Waals surface area contributed by atoms with Crippen LogP contribution in [0.1, 0.15) is 18.4 Å². The molecule has 8 nitrogen and oxygen atoms in total. The van der Waals surface area contributed by atoms with E-state index in [1.807, 2.05) is 6.07 Å². The molecule has 1 aliphatic heterocycles. The molecule has 9 heteroatoms. The zero-order valence-electron chi connectivity index (χ0n) is 17.7. The average Bonchev–Trinajstić information content (AvgIpc) is 3.27. The lowest BCUT2D eigenvalue weighted by Gasteiger charge is -2.25. The minimum atomic E-state index is -4.00. The van der Waals surface area contributed by atoms with Crippen molar-refractivity contribution < 1.29 is 31.6 Å². The Balaban J connectivity index is 1.73. The van der Waals surface area contributed by atoms with E-state index in [1.165, 1.54) is 26.4 Å². The molecule has 0 bridgehead atoms. The highest BCUT2D eigenvalue weighted by atomic mass is 32.2. The zero-order chi connectivity index (χ0) is 22.3. The topological polar surface area (TPSA) is 91.4 Å². The Hall–Kier alpha value is -2.62. The standard InChI is InChI=1S/C22H27NO7S/c1-27-16-22(24)23(15-20-7-4-12-29-20)14-17-5-3-6-19(13-17)30-31(25,26)21-10-8-18(28-2)9-11-21/h3,5-6,8-11,13,20H,4,7,12,14-16H2,1-2H3. The number of benzene rings is 2. The first-order valence-electron chi connectivity index (χ1n) is 9.97. The number of rotatable bonds is 10. The van der Waals surface area contributed by atoms with E-state index >= 15 is 0 Å². The molecule has 2 aromatic carbocycles. The fraction of sp³-hybridized carbons (Fsp3) is 0.409. The molecule has 1 unspecified atom stereocenters. The van der Waals surface area contributed by atoms with Gasteiger partial charge in [0, 0.05) is 26.8 Å². The lowest BCUT2D eigenvalue weighted by Crippen LogP contribution is -2.38. The summed E-state index contributed by atoms with van der Waals surface area (Å²) < 4.78 is 46.2. The van der Waals surface area contributed by atoms with Crippen molar-refractivity contribution in [3.63, 3.8) is 0 Å². The number of hydrogen-bond acceptors (Lipinski definition) is 7. The number of methoxy groups -OCH3 is 2. The third kappa shape index (κ3) is 6.43. The van der Waals surface area contributed by atoms with Crippen molar-refractivity contribution in [2.45, 2.75) is 30.4 Å². The normalized spacial score (nSPS) is 16.1. The molecule has 1 amide bonds. The summed E-state index contributed by atoms with van der Waals surface area (Å²) in [6.07, 6.45) is 1.87. The highest BCUT2D eigenvalue weighted by molar-refractivity contribution is 7.87. The minimum absolute atomic E-state index is 0.00399. The number of amides is 1. The maximum absolute atomic E-state index is 12.6. The smallest absolute Gasteiger partial charge is 0.339 e. The monoisotopic (exact) mass is 449 g/mol. The van der Waals surface area contributed by atoms with Crippen LogP contribution in [-0.2, 0) is 30.9 Å². The van der Waals surface area contributed by atoms with E-state index in [-0.39, 0.29) is 29.3 Å². The predicted molar refractivity (Wildman–Crippen MR) is 114 cm³/mol. The Morgan fingerprint density at radius 1 is 1.13 bits per heavy atom. The molecular weight excluding hydrogens is 422 g/mol. The second-order valence-corrected chi connectivity index (χ2v) is 8.75. The van der Waals surface area contributed by atoms with Crippen LogP contribution in [0.3, 0.4) is 0 Å². The van der Waals surface area contributed by atoms with Gasteiger partial charge < -0.3 is 23.3 Å². The molecule has 3 rings (SSSR count). The van der Waals surface area contributed by atoms with Crippen molar-refractivity contribution in [2.75, 3.05) is 34.0 Å². The first-order chi connectivity index (χ1) is 14.9. The van der Waals surface area contributed by atoms with Gasteiger partial charge in [0.15, 0.2) is 0 Å². The maximum atomic E-state index is 12.6. The molecular formula is C22H27NO7S. The van der Waals surface area contributed by atoms with Crippen LogP contribution in [0.25, 0.3) is 0 Å². The van der Waals surface area contributed by atoms with E-state index in [1.54, 1.807) is 35.2 Å². The molecule has 0 aromatic heterocycles. The van der Waals surface area contributed by atoms with Gasteiger partial charge in [-0.2, -0.15) is 8.42 Å². The van der Waals surface area contributed by atoms with Crippen LogP contribution in [0.5, 0.6) is 11.5 Å². The van der Waals surface area contributed by atoms with Gasteiger partial charge in [0.1, 0.15) is 23.0 Å². The van der Waals surface area contributed by atoms with E-state index < -0.39 is 10.1 Å². The van der Waals surface area contributed by atoms with Crippen LogP contribution >= 0.6 is 0 Å². The summed E-state index contributed by atoms with van der Waals surface area (Å²) in [7, 11) is -1.03. The molecule has 1 atom stereocenters. The third-order valence-electron chi connectivity index (χ3n) is 4.89. The zero-order valence-corrected chi connectivity index (χ0v) is 18.5. The molecule has 168 valence electrons. The van der Waals surface area contributed by atoms with Crippen molar-refractivity contribution in [3.8, 4) is 11.5 Å². The van der Waals surface area contributed by atoms with Gasteiger partial charge in [-0.3, -0.25) is 4.79 Å². The first kappa shape index (κ1) is 23.1. The summed E-state index contributed by atoms with van der Waals surface area (Å²) in [5.74, 6) is 0.563. The lowest BCUT2D eigenvalue weighted by atomic mass is 10.1. The lowest BCUT2D eigenvalue weighted by molar-refractivity contribution is -0.137. The van der Waals surface area contributed by atoms with Crippen LogP contribution in [0, 0.1) is 0 Å². The fourth-order valence-corrected chi connectivity index (χ4v) is 4.26. The second-order valence-electron chi connectivity index (χ2n) is 7.20. The highest BCUT2D eigenvalue weighted by Gasteiger charge is 2.23. The molecule has 1 aliphatic rings. The number of carbonyl (C=O) groups is 1. The maximum Gasteiger partial charge on any atom is 0.339 e. The molecule has 0 radical (unpaired) electrons. The van der Waals surface area contributed by atoms with Crippen LogP contribution in [0.15, 0.2) is 53.4 Å². The summed E-state index contributed by atoms with van der Waals surface area (Å²) in [5, 5.41) is 0. The van der Waals surface area contributed by atoms with Gasteiger partial charge >= 0.3 is 10.1 Å². The fourth-order valence-electron chi connectivity index (χ4n) is 3.34. The van der Waals surface area contributed by atoms with Gasteiger partial charge in [-0.05, 0) is 54.8 Å². The number of hydrogen-bond donors (Lipinski definition) is 0. The molecule has 1 fully saturated rings. The number of carbonyl (C=O) groups excluding carboxylic acids is 1. The Labute approximate surface area is 182 Å². The van der Waals surface area contributed by atoms with Crippen molar-refractivity contribution in [3.05, 3.63) is 54.1 Å². The summed E-state index contributed by atoms with van der Waals surface area (Å²) in [4.78, 5) is 14.2. The van der Waals surface area contributed by atoms with Crippen molar-refractivity contribution in [2.24, 2.45) is 0 Å². The number of ether oxygens (including phenoxy) is 3. The largest absolute Gasteiger partial charge is 0.497 e. The molecule has 31 heavy (non-hydrogen) atoms. The summed E-state index contributed by atoms with van der Waals surface area (Å²) in [5.41, 5.74) is 0.741. The van der Waals surface area contributed by atoms with Gasteiger partial charge in [-0.15, -0.1) is 0 Å². The third-order valence-corrected chi connectivity index (χ3v) is 6.16. The van der Waals surface area contributed by atoms with Crippen LogP contribution in [0.2, 0.25) is 0 Å². The molecule has 0 N–H and O–H groups in total. The summed E-state index contributed by atoms with van der Waals surface area (Å²) >= 11 is 0. The molecule has 1 heterocycles. The quantitative estimate of drug-likeness (QED) is 0.515. The Morgan fingerprint density at radius 3 is 2.55 bits per heavy atom. The van der Waals surface area contributed by atoms with E-state index in [4.69, 9.17) is 18.4 Å². The van der Waals surface area contributed by atoms with Gasteiger partial charge in [-0.25, -0.2) is 0 Å². The van der Waals surface area contributed by atoms with Gasteiger partial charge in [0.2, 0.25) is 5.91 Å². The van der Waals surface area contributed by atoms with E-state index in [0.29, 0.717) is 25.4 Å². The highest BCUT2D eigenvalue weighted by Crippen LogP contribution is 2.23. The molecule has 2 aromatic rings. The van der Waals surface area contributed by atoms with E-state index in [0.717, 1.165) is 18.4 Å². The molecule has 1 saturated heterocycles. The molecule has 0 saturated carbocycles. The van der Waals surface area contributed by atoms with Gasteiger partial charge in [0.05, 0.1) is 13.2 Å². The van der Waals surface area contributed by atoms with Crippen LogP contribution in [-0.4, -0.2) is 59.3 Å². The first-order valence-corrected chi connectivity index (χ1v) is 11.4. The van der Waals surface area contributed by atoms with Crippen molar-refractivity contribution in [1.29, 1.82) is 0 Å². The Kier molecular flexibility index (Phi) is 7.89. The van der Waals surface area contributed by atoms with Crippen molar-refractivity contribution in [1.82, 2.24) is 4.90 Å². The van der Waals surface area contributed by atoms with Crippen LogP contribution in [0.4, 0.5) is 0 Å². The van der Waals surface area contributed by atoms with Crippen molar-refractivity contribution >= 4 is 16.0 Å². The SMILES string of the molecule is COCC(=O)N(Cc1cccc(OS(=O)(=O)c2ccc(OC)cc2)c1)CC1CCCO1. The summed E-state index contributed by atoms with van der Waals surface area (Å²) in [6.45, 7) is 1.41. The summed E-state index contributed by atoms with van der Waals surface area (Å²) in [6, 6.07) is 12.6. The average molecular weight is 450 g/mol.